The van der Waals surface area contributed by atoms with Crippen molar-refractivity contribution in [2.45, 2.75) is 45.4 Å². The lowest BCUT2D eigenvalue weighted by atomic mass is 9.89. The maximum absolute atomic E-state index is 12.4. The molecule has 1 aliphatic carbocycles. The maximum Gasteiger partial charge on any atom is 0.313 e. The van der Waals surface area contributed by atoms with Gasteiger partial charge in [0.05, 0.1) is 11.5 Å². The number of esters is 1. The van der Waals surface area contributed by atoms with Crippen LogP contribution in [-0.4, -0.2) is 18.5 Å². The smallest absolute Gasteiger partial charge is 0.313 e. The predicted molar refractivity (Wildman–Crippen MR) is 109 cm³/mol. The quantitative estimate of drug-likeness (QED) is 0.733. The van der Waals surface area contributed by atoms with Gasteiger partial charge >= 0.3 is 5.97 Å². The van der Waals surface area contributed by atoms with Crippen LogP contribution in [0, 0.1) is 17.2 Å². The summed E-state index contributed by atoms with van der Waals surface area (Å²) < 4.78 is 5.25. The van der Waals surface area contributed by atoms with Crippen molar-refractivity contribution in [2.24, 2.45) is 5.92 Å². The number of thiophene rings is 1. The first-order valence-electron chi connectivity index (χ1n) is 9.59. The molecule has 0 bridgehead atoms. The summed E-state index contributed by atoms with van der Waals surface area (Å²) in [5, 5.41) is 12.8. The Morgan fingerprint density at radius 3 is 2.79 bits per heavy atom. The Labute approximate surface area is 169 Å². The van der Waals surface area contributed by atoms with Crippen molar-refractivity contribution >= 4 is 28.2 Å². The second-order valence-corrected chi connectivity index (χ2v) is 8.30. The molecule has 3 rings (SSSR count). The fourth-order valence-electron chi connectivity index (χ4n) is 3.58. The molecule has 5 nitrogen and oxygen atoms in total. The van der Waals surface area contributed by atoms with E-state index in [4.69, 9.17) is 4.74 Å². The van der Waals surface area contributed by atoms with Gasteiger partial charge < -0.3 is 10.1 Å². The van der Waals surface area contributed by atoms with Gasteiger partial charge in [0.25, 0.3) is 5.91 Å². The molecule has 28 heavy (non-hydrogen) atoms. The number of carbonyl (C=O) groups excluding carboxylic acids is 2. The van der Waals surface area contributed by atoms with Crippen LogP contribution in [0.15, 0.2) is 30.3 Å². The molecule has 0 fully saturated rings. The molecule has 1 aliphatic rings. The SMILES string of the molecule is CC[C@H](C(=O)OCC(=O)Nc1sc2c(c1C#N)CC[C@H](C)C2)c1ccccc1. The lowest BCUT2D eigenvalue weighted by molar-refractivity contribution is -0.149. The number of hydrogen-bond acceptors (Lipinski definition) is 5. The third-order valence-corrected chi connectivity index (χ3v) is 6.29. The number of anilines is 1. The molecular formula is C22H24N2O3S. The fourth-order valence-corrected chi connectivity index (χ4v) is 4.96. The molecule has 1 amide bonds. The number of nitrogens with zero attached hydrogens (tertiary/aromatic N) is 1. The molecule has 1 N–H and O–H groups in total. The molecule has 0 aliphatic heterocycles. The average molecular weight is 397 g/mol. The van der Waals surface area contributed by atoms with Gasteiger partial charge in [-0.15, -0.1) is 11.3 Å². The summed E-state index contributed by atoms with van der Waals surface area (Å²) in [6.07, 6.45) is 3.46. The van der Waals surface area contributed by atoms with E-state index in [0.717, 1.165) is 30.4 Å². The summed E-state index contributed by atoms with van der Waals surface area (Å²) in [6, 6.07) is 11.6. The Morgan fingerprint density at radius 1 is 1.36 bits per heavy atom. The van der Waals surface area contributed by atoms with Crippen LogP contribution in [-0.2, 0) is 27.2 Å². The van der Waals surface area contributed by atoms with E-state index in [-0.39, 0.29) is 12.5 Å². The summed E-state index contributed by atoms with van der Waals surface area (Å²) >= 11 is 1.47. The van der Waals surface area contributed by atoms with Gasteiger partial charge in [-0.1, -0.05) is 44.2 Å². The van der Waals surface area contributed by atoms with E-state index in [2.05, 4.69) is 18.3 Å². The van der Waals surface area contributed by atoms with Crippen molar-refractivity contribution in [3.05, 3.63) is 51.9 Å². The van der Waals surface area contributed by atoms with E-state index in [0.29, 0.717) is 22.9 Å². The first-order valence-corrected chi connectivity index (χ1v) is 10.4. The van der Waals surface area contributed by atoms with Crippen LogP contribution < -0.4 is 5.32 Å². The van der Waals surface area contributed by atoms with Crippen molar-refractivity contribution in [3.8, 4) is 6.07 Å². The first-order chi connectivity index (χ1) is 13.5. The normalized spacial score (nSPS) is 16.5. The third kappa shape index (κ3) is 4.42. The van der Waals surface area contributed by atoms with Crippen molar-refractivity contribution < 1.29 is 14.3 Å². The Morgan fingerprint density at radius 2 is 2.11 bits per heavy atom. The number of ether oxygens (including phenoxy) is 1. The van der Waals surface area contributed by atoms with Gasteiger partial charge in [0.2, 0.25) is 0 Å². The van der Waals surface area contributed by atoms with Crippen molar-refractivity contribution in [1.29, 1.82) is 5.26 Å². The number of rotatable bonds is 6. The van der Waals surface area contributed by atoms with Crippen LogP contribution in [0.5, 0.6) is 0 Å². The lowest BCUT2D eigenvalue weighted by Gasteiger charge is -2.17. The van der Waals surface area contributed by atoms with Crippen molar-refractivity contribution in [1.82, 2.24) is 0 Å². The van der Waals surface area contributed by atoms with Gasteiger partial charge in [-0.3, -0.25) is 9.59 Å². The molecule has 2 atom stereocenters. The zero-order valence-corrected chi connectivity index (χ0v) is 17.0. The fraction of sp³-hybridized carbons (Fsp3) is 0.409. The van der Waals surface area contributed by atoms with E-state index < -0.39 is 11.9 Å². The summed E-state index contributed by atoms with van der Waals surface area (Å²) in [6.45, 7) is 3.75. The molecule has 1 heterocycles. The van der Waals surface area contributed by atoms with Gasteiger partial charge in [-0.05, 0) is 42.7 Å². The topological polar surface area (TPSA) is 79.2 Å². The highest BCUT2D eigenvalue weighted by Crippen LogP contribution is 2.39. The zero-order chi connectivity index (χ0) is 20.1. The van der Waals surface area contributed by atoms with E-state index in [1.807, 2.05) is 37.3 Å². The van der Waals surface area contributed by atoms with Crippen molar-refractivity contribution in [2.75, 3.05) is 11.9 Å². The standard InChI is InChI=1S/C22H24N2O3S/c1-3-16(15-7-5-4-6-8-15)22(26)27-13-20(25)24-21-18(12-23)17-10-9-14(2)11-19(17)28-21/h4-8,14,16H,3,9-11,13H2,1-2H3,(H,24,25)/t14-,16-/m0/s1. The van der Waals surface area contributed by atoms with Gasteiger partial charge in [0, 0.05) is 4.88 Å². The number of amides is 1. The number of hydrogen-bond donors (Lipinski definition) is 1. The number of fused-ring (bicyclic) bond motifs is 1. The number of nitrogens with one attached hydrogen (secondary N) is 1. The maximum atomic E-state index is 12.4. The van der Waals surface area contributed by atoms with E-state index in [1.165, 1.54) is 16.2 Å². The highest BCUT2D eigenvalue weighted by molar-refractivity contribution is 7.16. The van der Waals surface area contributed by atoms with Gasteiger partial charge in [-0.2, -0.15) is 5.26 Å². The highest BCUT2D eigenvalue weighted by atomic mass is 32.1. The largest absolute Gasteiger partial charge is 0.455 e. The molecule has 0 unspecified atom stereocenters. The molecule has 146 valence electrons. The molecule has 0 radical (unpaired) electrons. The molecule has 6 heteroatoms. The van der Waals surface area contributed by atoms with Crippen LogP contribution in [0.25, 0.3) is 0 Å². The third-order valence-electron chi connectivity index (χ3n) is 5.12. The van der Waals surface area contributed by atoms with Crippen LogP contribution in [0.3, 0.4) is 0 Å². The first kappa shape index (κ1) is 20.1. The van der Waals surface area contributed by atoms with Crippen molar-refractivity contribution in [3.63, 3.8) is 0 Å². The summed E-state index contributed by atoms with van der Waals surface area (Å²) in [5.74, 6) is -0.631. The van der Waals surface area contributed by atoms with Gasteiger partial charge in [0.1, 0.15) is 11.1 Å². The number of carbonyl (C=O) groups is 2. The molecule has 0 saturated carbocycles. The minimum absolute atomic E-state index is 0.355. The van der Waals surface area contributed by atoms with E-state index in [9.17, 15) is 14.9 Å². The van der Waals surface area contributed by atoms with E-state index in [1.54, 1.807) is 0 Å². The highest BCUT2D eigenvalue weighted by Gasteiger charge is 2.25. The predicted octanol–water partition coefficient (Wildman–Crippen LogP) is 4.42. The van der Waals surface area contributed by atoms with Crippen LogP contribution >= 0.6 is 11.3 Å². The number of nitriles is 1. The van der Waals surface area contributed by atoms with Crippen LogP contribution in [0.2, 0.25) is 0 Å². The Hall–Kier alpha value is -2.65. The molecule has 2 aromatic rings. The Balaban J connectivity index is 1.62. The van der Waals surface area contributed by atoms with E-state index >= 15 is 0 Å². The van der Waals surface area contributed by atoms with Gasteiger partial charge in [0.15, 0.2) is 6.61 Å². The number of benzene rings is 1. The minimum atomic E-state index is -0.417. The summed E-state index contributed by atoms with van der Waals surface area (Å²) in [5.41, 5.74) is 2.50. The van der Waals surface area contributed by atoms with Gasteiger partial charge in [-0.25, -0.2) is 0 Å². The Kier molecular flexibility index (Phi) is 6.48. The molecule has 0 saturated heterocycles. The van der Waals surface area contributed by atoms with Crippen LogP contribution in [0.4, 0.5) is 5.00 Å². The lowest BCUT2D eigenvalue weighted by Crippen LogP contribution is -2.23. The average Bonchev–Trinajstić information content (AvgIpc) is 3.03. The molecule has 1 aromatic carbocycles. The monoisotopic (exact) mass is 396 g/mol. The minimum Gasteiger partial charge on any atom is -0.455 e. The second-order valence-electron chi connectivity index (χ2n) is 7.20. The summed E-state index contributed by atoms with van der Waals surface area (Å²) in [7, 11) is 0. The second kappa shape index (κ2) is 9.03. The molecule has 1 aromatic heterocycles. The Bertz CT molecular complexity index is 898. The molecule has 0 spiro atoms. The zero-order valence-electron chi connectivity index (χ0n) is 16.2. The van der Waals surface area contributed by atoms with Crippen LogP contribution in [0.1, 0.15) is 54.2 Å². The summed E-state index contributed by atoms with van der Waals surface area (Å²) in [4.78, 5) is 25.9. The molecular weight excluding hydrogens is 372 g/mol.